The molecule has 0 atom stereocenters. The number of aliphatic imine (C=N–C) groups is 2. The zero-order valence-corrected chi connectivity index (χ0v) is 13.0. The van der Waals surface area contributed by atoms with E-state index in [4.69, 9.17) is 16.2 Å². The second-order valence-electron chi connectivity index (χ2n) is 5.28. The van der Waals surface area contributed by atoms with Crippen LogP contribution in [0.3, 0.4) is 0 Å². The third kappa shape index (κ3) is 3.73. The summed E-state index contributed by atoms with van der Waals surface area (Å²) in [7, 11) is 0. The van der Waals surface area contributed by atoms with Crippen LogP contribution in [0.25, 0.3) is 11.4 Å². The van der Waals surface area contributed by atoms with Crippen molar-refractivity contribution in [1.82, 2.24) is 9.55 Å². The first-order valence-corrected chi connectivity index (χ1v) is 7.33. The minimum Gasteiger partial charge on any atom is -0.491 e. The maximum absolute atomic E-state index is 12.4. The molecule has 0 amide bonds. The van der Waals surface area contributed by atoms with Gasteiger partial charge in [0.25, 0.3) is 0 Å². The first-order chi connectivity index (χ1) is 11.9. The molecule has 0 unspecified atom stereocenters. The molecule has 10 heteroatoms. The van der Waals surface area contributed by atoms with Crippen molar-refractivity contribution in [2.45, 2.75) is 12.7 Å². The van der Waals surface area contributed by atoms with Gasteiger partial charge in [0, 0.05) is 18.0 Å². The lowest BCUT2D eigenvalue weighted by atomic mass is 10.1. The molecule has 1 aliphatic rings. The number of hydrogen-bond donors (Lipinski definition) is 2. The number of benzene rings is 1. The summed E-state index contributed by atoms with van der Waals surface area (Å²) in [6, 6.07) is 5.12. The molecule has 0 saturated heterocycles. The minimum atomic E-state index is -4.44. The lowest BCUT2D eigenvalue weighted by molar-refractivity contribution is -0.118. The third-order valence-electron chi connectivity index (χ3n) is 3.45. The molecule has 2 aromatic rings. The van der Waals surface area contributed by atoms with Gasteiger partial charge in [0.2, 0.25) is 0 Å². The predicted molar refractivity (Wildman–Crippen MR) is 87.7 cm³/mol. The zero-order valence-electron chi connectivity index (χ0n) is 13.0. The molecule has 0 saturated carbocycles. The van der Waals surface area contributed by atoms with Crippen LogP contribution in [0.2, 0.25) is 0 Å². The monoisotopic (exact) mass is 352 g/mol. The van der Waals surface area contributed by atoms with Gasteiger partial charge in [-0.2, -0.15) is 13.2 Å². The maximum Gasteiger partial charge on any atom is 0.408 e. The van der Waals surface area contributed by atoms with Gasteiger partial charge in [-0.05, 0) is 12.1 Å². The highest BCUT2D eigenvalue weighted by Crippen LogP contribution is 2.33. The summed E-state index contributed by atoms with van der Waals surface area (Å²) in [6.07, 6.45) is -1.98. The van der Waals surface area contributed by atoms with Crippen LogP contribution >= 0.6 is 0 Å². The van der Waals surface area contributed by atoms with Crippen molar-refractivity contribution in [3.05, 3.63) is 30.1 Å². The van der Waals surface area contributed by atoms with Gasteiger partial charge in [-0.3, -0.25) is 4.99 Å². The molecule has 0 spiro atoms. The summed E-state index contributed by atoms with van der Waals surface area (Å²) < 4.78 is 44.7. The first kappa shape index (κ1) is 16.8. The molecule has 0 fully saturated rings. The molecule has 3 rings (SSSR count). The fraction of sp³-hybridized carbons (Fsp3) is 0.267. The van der Waals surface area contributed by atoms with Gasteiger partial charge in [-0.15, -0.1) is 0 Å². The van der Waals surface area contributed by atoms with E-state index in [2.05, 4.69) is 15.0 Å². The van der Waals surface area contributed by atoms with E-state index in [1.807, 2.05) is 0 Å². The lowest BCUT2D eigenvalue weighted by Gasteiger charge is -2.06. The number of nitrogens with two attached hydrogens (primary N) is 2. The number of nitrogens with zero attached hydrogens (tertiary/aromatic N) is 4. The number of nitrogen functional groups attached to an aromatic ring is 1. The first-order valence-electron chi connectivity index (χ1n) is 7.33. The molecule has 4 N–H and O–H groups in total. The van der Waals surface area contributed by atoms with Gasteiger partial charge >= 0.3 is 6.18 Å². The number of fused-ring (bicyclic) bond motifs is 3. The maximum atomic E-state index is 12.4. The molecule has 0 radical (unpaired) electrons. The molecular weight excluding hydrogens is 337 g/mol. The molecule has 1 aromatic carbocycles. The van der Waals surface area contributed by atoms with Crippen molar-refractivity contribution in [2.75, 3.05) is 18.9 Å². The Morgan fingerprint density at radius 2 is 2.20 bits per heavy atom. The van der Waals surface area contributed by atoms with Crippen molar-refractivity contribution in [1.29, 1.82) is 0 Å². The fourth-order valence-corrected chi connectivity index (χ4v) is 2.43. The Morgan fingerprint density at radius 3 is 2.92 bits per heavy atom. The van der Waals surface area contributed by atoms with Crippen LogP contribution in [0.15, 0.2) is 34.4 Å². The molecule has 0 aliphatic carbocycles. The van der Waals surface area contributed by atoms with E-state index in [0.717, 1.165) is 6.34 Å². The molecule has 25 heavy (non-hydrogen) atoms. The van der Waals surface area contributed by atoms with E-state index in [-0.39, 0.29) is 11.5 Å². The highest BCUT2D eigenvalue weighted by Gasteiger charge is 2.27. The number of ether oxygens (including phenoxy) is 1. The lowest BCUT2D eigenvalue weighted by Crippen LogP contribution is -2.14. The second-order valence-corrected chi connectivity index (χ2v) is 5.28. The van der Waals surface area contributed by atoms with Gasteiger partial charge in [-0.25, -0.2) is 9.98 Å². The van der Waals surface area contributed by atoms with Crippen LogP contribution in [-0.4, -0.2) is 41.1 Å². The molecular formula is C15H15F3N6O. The van der Waals surface area contributed by atoms with E-state index >= 15 is 0 Å². The van der Waals surface area contributed by atoms with Crippen molar-refractivity contribution in [3.8, 4) is 17.1 Å². The number of halogens is 3. The summed E-state index contributed by atoms with van der Waals surface area (Å²) in [4.78, 5) is 11.6. The number of anilines is 1. The average Bonchev–Trinajstić information content (AvgIpc) is 2.87. The fourth-order valence-electron chi connectivity index (χ4n) is 2.43. The highest BCUT2D eigenvalue weighted by molar-refractivity contribution is 6.01. The summed E-state index contributed by atoms with van der Waals surface area (Å²) in [5.74, 6) is 0.916. The zero-order chi connectivity index (χ0) is 18.0. The summed E-state index contributed by atoms with van der Waals surface area (Å²) in [5.41, 5.74) is 12.4. The van der Waals surface area contributed by atoms with Gasteiger partial charge < -0.3 is 20.8 Å². The molecule has 1 aliphatic heterocycles. The van der Waals surface area contributed by atoms with Crippen molar-refractivity contribution < 1.29 is 17.9 Å². The molecule has 0 bridgehead atoms. The van der Waals surface area contributed by atoms with E-state index in [1.165, 1.54) is 0 Å². The number of aromatic nitrogens is 2. The number of imidazole rings is 1. The number of rotatable bonds is 2. The smallest absolute Gasteiger partial charge is 0.408 e. The van der Waals surface area contributed by atoms with Crippen molar-refractivity contribution in [3.63, 3.8) is 0 Å². The Labute approximate surface area is 140 Å². The van der Waals surface area contributed by atoms with Crippen molar-refractivity contribution in [2.24, 2.45) is 15.7 Å². The largest absolute Gasteiger partial charge is 0.491 e. The van der Waals surface area contributed by atoms with Crippen LogP contribution in [0, 0.1) is 0 Å². The Morgan fingerprint density at radius 1 is 1.40 bits per heavy atom. The summed E-state index contributed by atoms with van der Waals surface area (Å²) in [6.45, 7) is -0.525. The Kier molecular flexibility index (Phi) is 4.34. The SMILES string of the molecule is NC=NC(=NCC(F)(F)F)c1cn2c(n1)-c1ccc(N)cc1OCC2. The topological polar surface area (TPSA) is 104 Å². The molecule has 1 aromatic heterocycles. The van der Waals surface area contributed by atoms with Gasteiger partial charge in [0.1, 0.15) is 30.4 Å². The summed E-state index contributed by atoms with van der Waals surface area (Å²) in [5, 5.41) is 0. The number of alkyl halides is 3. The third-order valence-corrected chi connectivity index (χ3v) is 3.45. The van der Waals surface area contributed by atoms with Crippen molar-refractivity contribution >= 4 is 17.9 Å². The quantitative estimate of drug-likeness (QED) is 0.489. The normalized spacial score (nSPS) is 14.8. The van der Waals surface area contributed by atoms with Crippen LogP contribution in [0.5, 0.6) is 5.75 Å². The Balaban J connectivity index is 2.04. The number of amidine groups is 1. The van der Waals surface area contributed by atoms with Gasteiger partial charge in [-0.1, -0.05) is 0 Å². The van der Waals surface area contributed by atoms with E-state index in [9.17, 15) is 13.2 Å². The molecule has 7 nitrogen and oxygen atoms in total. The number of hydrogen-bond acceptors (Lipinski definition) is 4. The Bertz CT molecular complexity index is 840. The molecule has 2 heterocycles. The molecule has 132 valence electrons. The predicted octanol–water partition coefficient (Wildman–Crippen LogP) is 1.82. The van der Waals surface area contributed by atoms with Crippen LogP contribution in [-0.2, 0) is 6.54 Å². The highest BCUT2D eigenvalue weighted by atomic mass is 19.4. The van der Waals surface area contributed by atoms with Gasteiger partial charge in [0.15, 0.2) is 5.84 Å². The van der Waals surface area contributed by atoms with Crippen LogP contribution < -0.4 is 16.2 Å². The second kappa shape index (κ2) is 6.46. The van der Waals surface area contributed by atoms with E-state index < -0.39 is 12.7 Å². The van der Waals surface area contributed by atoms with Crippen LogP contribution in [0.4, 0.5) is 18.9 Å². The standard InChI is InChI=1S/C15H15F3N6O/c16-15(17,18)7-21-13(22-8-19)11-6-24-3-4-25-12-5-9(20)1-2-10(12)14(24)23-11/h1-2,5-6,8H,3-4,7,20H2,(H2,19,21,22). The average molecular weight is 352 g/mol. The summed E-state index contributed by atoms with van der Waals surface area (Å²) >= 11 is 0. The minimum absolute atomic E-state index is 0.182. The Hall–Kier alpha value is -3.04. The van der Waals surface area contributed by atoms with E-state index in [1.54, 1.807) is 29.0 Å². The van der Waals surface area contributed by atoms with Crippen LogP contribution in [0.1, 0.15) is 5.69 Å². The van der Waals surface area contributed by atoms with Gasteiger partial charge in [0.05, 0.1) is 18.4 Å². The van der Waals surface area contributed by atoms with E-state index in [0.29, 0.717) is 36.0 Å².